The lowest BCUT2D eigenvalue weighted by atomic mass is 10.1. The molecule has 7 heteroatoms. The van der Waals surface area contributed by atoms with Crippen LogP contribution < -0.4 is 5.32 Å². The van der Waals surface area contributed by atoms with Crippen LogP contribution in [0.4, 0.5) is 5.69 Å². The maximum atomic E-state index is 12.8. The Morgan fingerprint density at radius 3 is 2.57 bits per heavy atom. The molecule has 0 saturated carbocycles. The fourth-order valence-corrected chi connectivity index (χ4v) is 4.13. The molecule has 146 valence electrons. The highest BCUT2D eigenvalue weighted by molar-refractivity contribution is 7.17. The zero-order valence-electron chi connectivity index (χ0n) is 16.1. The van der Waals surface area contributed by atoms with E-state index in [-0.39, 0.29) is 5.91 Å². The van der Waals surface area contributed by atoms with Crippen LogP contribution in [0, 0.1) is 6.92 Å². The molecule has 30 heavy (non-hydrogen) atoms. The van der Waals surface area contributed by atoms with E-state index in [1.165, 1.54) is 11.3 Å². The van der Waals surface area contributed by atoms with Gasteiger partial charge in [-0.15, -0.1) is 11.3 Å². The van der Waals surface area contributed by atoms with E-state index >= 15 is 0 Å². The van der Waals surface area contributed by atoms with Crippen molar-refractivity contribution in [2.45, 2.75) is 6.92 Å². The summed E-state index contributed by atoms with van der Waals surface area (Å²) in [4.78, 5) is 26.8. The first-order chi connectivity index (χ1) is 14.7. The van der Waals surface area contributed by atoms with Crippen molar-refractivity contribution in [2.24, 2.45) is 0 Å². The Morgan fingerprint density at radius 1 is 0.967 bits per heavy atom. The summed E-state index contributed by atoms with van der Waals surface area (Å²) in [5, 5.41) is 3.69. The molecule has 1 N–H and O–H groups in total. The van der Waals surface area contributed by atoms with E-state index in [0.717, 1.165) is 33.3 Å². The van der Waals surface area contributed by atoms with Gasteiger partial charge in [-0.2, -0.15) is 0 Å². The Balaban J connectivity index is 1.35. The first-order valence-corrected chi connectivity index (χ1v) is 10.2. The van der Waals surface area contributed by atoms with Crippen LogP contribution in [-0.4, -0.2) is 25.3 Å². The number of aromatic nitrogens is 4. The second-order valence-corrected chi connectivity index (χ2v) is 7.77. The van der Waals surface area contributed by atoms with Gasteiger partial charge in [0.1, 0.15) is 15.5 Å². The van der Waals surface area contributed by atoms with E-state index < -0.39 is 0 Å². The number of rotatable bonds is 4. The number of hydrogen-bond donors (Lipinski definition) is 1. The number of nitrogens with one attached hydrogen (secondary N) is 1. The average molecular weight is 411 g/mol. The number of benzene rings is 1. The third-order valence-electron chi connectivity index (χ3n) is 4.69. The zero-order chi connectivity index (χ0) is 20.5. The van der Waals surface area contributed by atoms with Crippen molar-refractivity contribution in [2.75, 3.05) is 5.32 Å². The van der Waals surface area contributed by atoms with Crippen molar-refractivity contribution < 1.29 is 4.79 Å². The van der Waals surface area contributed by atoms with Gasteiger partial charge in [0.25, 0.3) is 5.91 Å². The fourth-order valence-electron chi connectivity index (χ4n) is 3.19. The molecule has 6 nitrogen and oxygen atoms in total. The minimum Gasteiger partial charge on any atom is -0.321 e. The van der Waals surface area contributed by atoms with Gasteiger partial charge in [-0.25, -0.2) is 9.97 Å². The summed E-state index contributed by atoms with van der Waals surface area (Å²) in [6.07, 6.45) is 5.68. The van der Waals surface area contributed by atoms with Gasteiger partial charge in [-0.1, -0.05) is 24.3 Å². The van der Waals surface area contributed by atoms with Crippen molar-refractivity contribution in [1.29, 1.82) is 0 Å². The van der Waals surface area contributed by atoms with Crippen LogP contribution in [0.1, 0.15) is 15.4 Å². The van der Waals surface area contributed by atoms with Crippen LogP contribution in [0.15, 0.2) is 79.3 Å². The van der Waals surface area contributed by atoms with Crippen molar-refractivity contribution in [3.8, 4) is 22.0 Å². The van der Waals surface area contributed by atoms with Crippen LogP contribution in [0.5, 0.6) is 0 Å². The number of amides is 1. The van der Waals surface area contributed by atoms with Gasteiger partial charge >= 0.3 is 0 Å². The van der Waals surface area contributed by atoms with E-state index in [1.54, 1.807) is 6.20 Å². The smallest absolute Gasteiger partial charge is 0.267 e. The van der Waals surface area contributed by atoms with Crippen LogP contribution in [0.3, 0.4) is 0 Å². The molecule has 0 radical (unpaired) electrons. The standard InChI is InChI=1S/C23H17N5OS/c1-15-21(30-23(25-15)18-6-2-4-12-24-18)22(29)26-17-10-8-16(9-11-17)19-14-28-13-5-3-7-20(28)27-19/h2-14H,1H3,(H,26,29). The van der Waals surface area contributed by atoms with Gasteiger partial charge in [-0.3, -0.25) is 9.78 Å². The summed E-state index contributed by atoms with van der Waals surface area (Å²) in [5.41, 5.74) is 4.95. The van der Waals surface area contributed by atoms with Gasteiger partial charge in [0.2, 0.25) is 0 Å². The maximum absolute atomic E-state index is 12.8. The number of fused-ring (bicyclic) bond motifs is 1. The monoisotopic (exact) mass is 411 g/mol. The van der Waals surface area contributed by atoms with Gasteiger partial charge in [0.05, 0.1) is 17.1 Å². The van der Waals surface area contributed by atoms with Crippen LogP contribution in [-0.2, 0) is 0 Å². The number of carbonyl (C=O) groups excluding carboxylic acids is 1. The number of imidazole rings is 1. The predicted molar refractivity (Wildman–Crippen MR) is 119 cm³/mol. The quantitative estimate of drug-likeness (QED) is 0.448. The number of hydrogen-bond acceptors (Lipinski definition) is 5. The van der Waals surface area contributed by atoms with E-state index in [2.05, 4.69) is 20.3 Å². The van der Waals surface area contributed by atoms with Gasteiger partial charge in [0.15, 0.2) is 0 Å². The number of anilines is 1. The molecule has 0 saturated heterocycles. The molecule has 4 aromatic heterocycles. The molecule has 0 atom stereocenters. The van der Waals surface area contributed by atoms with E-state index in [9.17, 15) is 4.79 Å². The summed E-state index contributed by atoms with van der Waals surface area (Å²) < 4.78 is 1.98. The average Bonchev–Trinajstić information content (AvgIpc) is 3.38. The highest BCUT2D eigenvalue weighted by Gasteiger charge is 2.17. The highest BCUT2D eigenvalue weighted by Crippen LogP contribution is 2.27. The number of aryl methyl sites for hydroxylation is 1. The third kappa shape index (κ3) is 3.46. The van der Waals surface area contributed by atoms with Crippen LogP contribution in [0.2, 0.25) is 0 Å². The molecule has 0 fully saturated rings. The first-order valence-electron chi connectivity index (χ1n) is 9.42. The summed E-state index contributed by atoms with van der Waals surface area (Å²) in [7, 11) is 0. The summed E-state index contributed by atoms with van der Waals surface area (Å²) in [5.74, 6) is -0.173. The lowest BCUT2D eigenvalue weighted by Crippen LogP contribution is -2.11. The Hall–Kier alpha value is -3.84. The minimum absolute atomic E-state index is 0.173. The summed E-state index contributed by atoms with van der Waals surface area (Å²) >= 11 is 1.34. The fraction of sp³-hybridized carbons (Fsp3) is 0.0435. The largest absolute Gasteiger partial charge is 0.321 e. The normalized spacial score (nSPS) is 11.0. The Bertz CT molecular complexity index is 1310. The second kappa shape index (κ2) is 7.53. The molecule has 1 amide bonds. The van der Waals surface area contributed by atoms with Crippen molar-refractivity contribution in [3.05, 3.63) is 89.8 Å². The van der Waals surface area contributed by atoms with Crippen molar-refractivity contribution >= 4 is 28.6 Å². The summed E-state index contributed by atoms with van der Waals surface area (Å²) in [6, 6.07) is 19.2. The molecule has 0 aliphatic heterocycles. The topological polar surface area (TPSA) is 72.2 Å². The lowest BCUT2D eigenvalue weighted by molar-refractivity contribution is 0.103. The zero-order valence-corrected chi connectivity index (χ0v) is 16.9. The molecule has 4 heterocycles. The van der Waals surface area contributed by atoms with E-state index in [0.29, 0.717) is 10.6 Å². The molecule has 0 bridgehead atoms. The highest BCUT2D eigenvalue weighted by atomic mass is 32.1. The molecule has 1 aromatic carbocycles. The second-order valence-electron chi connectivity index (χ2n) is 6.77. The number of nitrogens with zero attached hydrogens (tertiary/aromatic N) is 4. The Morgan fingerprint density at radius 2 is 1.80 bits per heavy atom. The van der Waals surface area contributed by atoms with Crippen LogP contribution >= 0.6 is 11.3 Å². The van der Waals surface area contributed by atoms with Crippen molar-refractivity contribution in [1.82, 2.24) is 19.4 Å². The number of carbonyl (C=O) groups is 1. The lowest BCUT2D eigenvalue weighted by Gasteiger charge is -2.05. The molecule has 0 aliphatic carbocycles. The number of pyridine rings is 2. The van der Waals surface area contributed by atoms with Crippen molar-refractivity contribution in [3.63, 3.8) is 0 Å². The van der Waals surface area contributed by atoms with Gasteiger partial charge in [0, 0.05) is 29.8 Å². The van der Waals surface area contributed by atoms with Gasteiger partial charge in [-0.05, 0) is 43.3 Å². The molecule has 0 unspecified atom stereocenters. The molecular formula is C23H17N5OS. The third-order valence-corrected chi connectivity index (χ3v) is 5.87. The molecular weight excluding hydrogens is 394 g/mol. The molecule has 0 aliphatic rings. The summed E-state index contributed by atoms with van der Waals surface area (Å²) in [6.45, 7) is 1.84. The predicted octanol–water partition coefficient (Wildman–Crippen LogP) is 5.08. The molecule has 0 spiro atoms. The molecule has 5 aromatic rings. The first kappa shape index (κ1) is 18.2. The SMILES string of the molecule is Cc1nc(-c2ccccn2)sc1C(=O)Nc1ccc(-c2cn3ccccc3n2)cc1. The number of thiazole rings is 1. The maximum Gasteiger partial charge on any atom is 0.267 e. The Labute approximate surface area is 176 Å². The Kier molecular flexibility index (Phi) is 4.57. The van der Waals surface area contributed by atoms with E-state index in [1.807, 2.05) is 84.4 Å². The molecule has 5 rings (SSSR count). The van der Waals surface area contributed by atoms with E-state index in [4.69, 9.17) is 0 Å². The minimum atomic E-state index is -0.173. The van der Waals surface area contributed by atoms with Gasteiger partial charge < -0.3 is 9.72 Å². The van der Waals surface area contributed by atoms with Crippen LogP contribution in [0.25, 0.3) is 27.6 Å².